The molecule has 0 radical (unpaired) electrons. The van der Waals surface area contributed by atoms with Gasteiger partial charge in [0.1, 0.15) is 6.04 Å². The quantitative estimate of drug-likeness (QED) is 0.858. The van der Waals surface area contributed by atoms with Crippen LogP contribution in [-0.4, -0.2) is 69.3 Å². The Morgan fingerprint density at radius 2 is 2.00 bits per heavy atom. The van der Waals surface area contributed by atoms with Crippen LogP contribution in [-0.2, 0) is 4.79 Å². The van der Waals surface area contributed by atoms with Gasteiger partial charge in [0.15, 0.2) is 5.69 Å². The highest BCUT2D eigenvalue weighted by molar-refractivity contribution is 5.85. The molecule has 1 aliphatic rings. The van der Waals surface area contributed by atoms with E-state index in [1.54, 1.807) is 6.92 Å². The van der Waals surface area contributed by atoms with Gasteiger partial charge in [-0.2, -0.15) is 5.10 Å². The van der Waals surface area contributed by atoms with Gasteiger partial charge in [0.2, 0.25) is 5.91 Å². The molecule has 0 bridgehead atoms. The van der Waals surface area contributed by atoms with E-state index in [-0.39, 0.29) is 11.6 Å². The molecule has 1 aliphatic heterocycles. The molecule has 1 saturated heterocycles. The summed E-state index contributed by atoms with van der Waals surface area (Å²) in [5.74, 6) is -1.10. The second kappa shape index (κ2) is 6.04. The lowest BCUT2D eigenvalue weighted by atomic mass is 10.2. The highest BCUT2D eigenvalue weighted by atomic mass is 16.4. The van der Waals surface area contributed by atoms with Crippen LogP contribution in [0.25, 0.3) is 0 Å². The molecule has 110 valence electrons. The van der Waals surface area contributed by atoms with Gasteiger partial charge in [-0.3, -0.25) is 9.48 Å². The lowest BCUT2D eigenvalue weighted by Gasteiger charge is -2.35. The minimum atomic E-state index is -1.08. The van der Waals surface area contributed by atoms with E-state index >= 15 is 0 Å². The van der Waals surface area contributed by atoms with E-state index in [1.165, 1.54) is 16.9 Å². The number of nitrogens with zero attached hydrogens (tertiary/aromatic N) is 4. The molecule has 2 heterocycles. The first-order valence-corrected chi connectivity index (χ1v) is 6.82. The number of carbonyl (C=O) groups is 2. The van der Waals surface area contributed by atoms with Crippen molar-refractivity contribution < 1.29 is 14.7 Å². The number of rotatable bonds is 4. The monoisotopic (exact) mass is 280 g/mol. The molecule has 1 aromatic heterocycles. The van der Waals surface area contributed by atoms with E-state index in [4.69, 9.17) is 5.11 Å². The first-order valence-electron chi connectivity index (χ1n) is 6.82. The fourth-order valence-electron chi connectivity index (χ4n) is 2.33. The van der Waals surface area contributed by atoms with Crippen LogP contribution >= 0.6 is 0 Å². The third kappa shape index (κ3) is 2.98. The zero-order chi connectivity index (χ0) is 14.7. The number of aromatic carboxylic acids is 1. The zero-order valence-electron chi connectivity index (χ0n) is 11.8. The first kappa shape index (κ1) is 14.5. The number of hydrogen-bond donors (Lipinski definition) is 1. The van der Waals surface area contributed by atoms with Gasteiger partial charge >= 0.3 is 5.97 Å². The van der Waals surface area contributed by atoms with Gasteiger partial charge in [0.25, 0.3) is 0 Å². The number of carboxylic acids is 1. The molecule has 1 N–H and O–H groups in total. The average molecular weight is 280 g/mol. The third-order valence-electron chi connectivity index (χ3n) is 3.71. The van der Waals surface area contributed by atoms with Crippen molar-refractivity contribution in [3.8, 4) is 0 Å². The molecule has 7 nitrogen and oxygen atoms in total. The lowest BCUT2D eigenvalue weighted by Crippen LogP contribution is -2.50. The van der Waals surface area contributed by atoms with Gasteiger partial charge in [-0.25, -0.2) is 4.79 Å². The van der Waals surface area contributed by atoms with Gasteiger partial charge in [0, 0.05) is 32.4 Å². The number of carboxylic acid groups (broad SMARTS) is 1. The molecule has 0 aromatic carbocycles. The van der Waals surface area contributed by atoms with Crippen molar-refractivity contribution in [1.82, 2.24) is 19.6 Å². The summed E-state index contributed by atoms with van der Waals surface area (Å²) in [5, 5.41) is 12.8. The van der Waals surface area contributed by atoms with E-state index < -0.39 is 12.0 Å². The molecule has 20 heavy (non-hydrogen) atoms. The Morgan fingerprint density at radius 1 is 1.35 bits per heavy atom. The maximum atomic E-state index is 12.4. The minimum Gasteiger partial charge on any atom is -0.476 e. The first-order chi connectivity index (χ1) is 9.52. The van der Waals surface area contributed by atoms with Crippen molar-refractivity contribution in [1.29, 1.82) is 0 Å². The topological polar surface area (TPSA) is 78.7 Å². The maximum absolute atomic E-state index is 12.4. The Hall–Kier alpha value is -1.89. The summed E-state index contributed by atoms with van der Waals surface area (Å²) in [6.07, 6.45) is 1.54. The highest BCUT2D eigenvalue weighted by Crippen LogP contribution is 2.12. The molecule has 0 saturated carbocycles. The summed E-state index contributed by atoms with van der Waals surface area (Å²) in [4.78, 5) is 27.3. The van der Waals surface area contributed by atoms with E-state index in [0.717, 1.165) is 19.6 Å². The summed E-state index contributed by atoms with van der Waals surface area (Å²) < 4.78 is 1.41. The molecule has 7 heteroatoms. The molecule has 1 amide bonds. The van der Waals surface area contributed by atoms with Crippen LogP contribution in [0.5, 0.6) is 0 Å². The second-order valence-corrected chi connectivity index (χ2v) is 4.92. The molecule has 1 unspecified atom stereocenters. The van der Waals surface area contributed by atoms with Crippen molar-refractivity contribution >= 4 is 11.9 Å². The average Bonchev–Trinajstić information content (AvgIpc) is 2.96. The van der Waals surface area contributed by atoms with Gasteiger partial charge in [-0.1, -0.05) is 6.92 Å². The third-order valence-corrected chi connectivity index (χ3v) is 3.71. The molecule has 2 rings (SSSR count). The smallest absolute Gasteiger partial charge is 0.356 e. The van der Waals surface area contributed by atoms with E-state index in [1.807, 2.05) is 4.90 Å². The van der Waals surface area contributed by atoms with E-state index in [9.17, 15) is 9.59 Å². The van der Waals surface area contributed by atoms with Crippen molar-refractivity contribution in [3.63, 3.8) is 0 Å². The Kier molecular flexibility index (Phi) is 4.39. The molecule has 0 spiro atoms. The number of carbonyl (C=O) groups excluding carboxylic acids is 1. The molecule has 1 fully saturated rings. The number of amides is 1. The van der Waals surface area contributed by atoms with Crippen molar-refractivity contribution in [2.24, 2.45) is 0 Å². The summed E-state index contributed by atoms with van der Waals surface area (Å²) >= 11 is 0. The zero-order valence-corrected chi connectivity index (χ0v) is 11.8. The SMILES string of the molecule is CCN1CCN(C(=O)C(C)n2ccc(C(=O)O)n2)CC1. The normalized spacial score (nSPS) is 18.0. The number of hydrogen-bond acceptors (Lipinski definition) is 4. The van der Waals surface area contributed by atoms with Crippen LogP contribution in [0.2, 0.25) is 0 Å². The van der Waals surface area contributed by atoms with E-state index in [2.05, 4.69) is 16.9 Å². The van der Waals surface area contributed by atoms with Crippen molar-refractivity contribution in [2.75, 3.05) is 32.7 Å². The van der Waals surface area contributed by atoms with Crippen molar-refractivity contribution in [2.45, 2.75) is 19.9 Å². The molecule has 1 aromatic rings. The number of likely N-dealkylation sites (N-methyl/N-ethyl adjacent to an activating group) is 1. The largest absolute Gasteiger partial charge is 0.476 e. The summed E-state index contributed by atoms with van der Waals surface area (Å²) in [7, 11) is 0. The molecule has 0 aliphatic carbocycles. The van der Waals surface area contributed by atoms with Crippen LogP contribution in [0.15, 0.2) is 12.3 Å². The predicted molar refractivity (Wildman–Crippen MR) is 72.6 cm³/mol. The van der Waals surface area contributed by atoms with Gasteiger partial charge in [0.05, 0.1) is 0 Å². The summed E-state index contributed by atoms with van der Waals surface area (Å²) in [5.41, 5.74) is -0.0412. The van der Waals surface area contributed by atoms with Crippen LogP contribution in [0, 0.1) is 0 Å². The lowest BCUT2D eigenvalue weighted by molar-refractivity contribution is -0.136. The van der Waals surface area contributed by atoms with Gasteiger partial charge in [-0.15, -0.1) is 0 Å². The number of aromatic nitrogens is 2. The van der Waals surface area contributed by atoms with Crippen molar-refractivity contribution in [3.05, 3.63) is 18.0 Å². The van der Waals surface area contributed by atoms with Crippen LogP contribution in [0.4, 0.5) is 0 Å². The summed E-state index contributed by atoms with van der Waals surface area (Å²) in [6, 6.07) is 0.928. The Balaban J connectivity index is 1.99. The van der Waals surface area contributed by atoms with E-state index in [0.29, 0.717) is 13.1 Å². The fourth-order valence-corrected chi connectivity index (χ4v) is 2.33. The number of piperazine rings is 1. The Morgan fingerprint density at radius 3 is 2.50 bits per heavy atom. The van der Waals surface area contributed by atoms with Crippen LogP contribution < -0.4 is 0 Å². The van der Waals surface area contributed by atoms with Crippen LogP contribution in [0.3, 0.4) is 0 Å². The fraction of sp³-hybridized carbons (Fsp3) is 0.615. The minimum absolute atomic E-state index is 0.0132. The Labute approximate surface area is 117 Å². The maximum Gasteiger partial charge on any atom is 0.356 e. The van der Waals surface area contributed by atoms with Gasteiger partial charge < -0.3 is 14.9 Å². The Bertz CT molecular complexity index is 492. The predicted octanol–water partition coefficient (Wildman–Crippen LogP) is 0.306. The van der Waals surface area contributed by atoms with Gasteiger partial charge in [-0.05, 0) is 19.5 Å². The second-order valence-electron chi connectivity index (χ2n) is 4.92. The molecular weight excluding hydrogens is 260 g/mol. The van der Waals surface area contributed by atoms with Crippen LogP contribution in [0.1, 0.15) is 30.4 Å². The summed E-state index contributed by atoms with van der Waals surface area (Å²) in [6.45, 7) is 8.04. The molecular formula is C13H20N4O3. The molecule has 1 atom stereocenters. The highest BCUT2D eigenvalue weighted by Gasteiger charge is 2.26. The standard InChI is InChI=1S/C13H20N4O3/c1-3-15-6-8-16(9-7-15)12(18)10(2)17-5-4-11(14-17)13(19)20/h4-5,10H,3,6-9H2,1-2H3,(H,19,20).